The van der Waals surface area contributed by atoms with Crippen LogP contribution in [-0.4, -0.2) is 10.9 Å². The van der Waals surface area contributed by atoms with Crippen molar-refractivity contribution < 1.29 is 9.21 Å². The predicted molar refractivity (Wildman–Crippen MR) is 87.7 cm³/mol. The van der Waals surface area contributed by atoms with Gasteiger partial charge < -0.3 is 9.73 Å². The number of carbonyl (C=O) groups excluding carboxylic acids is 1. The molecule has 0 radical (unpaired) electrons. The topological polar surface area (TPSA) is 55.1 Å². The summed E-state index contributed by atoms with van der Waals surface area (Å²) in [5.74, 6) is 0.701. The lowest BCUT2D eigenvalue weighted by Gasteiger charge is -2.15. The first-order chi connectivity index (χ1) is 11.3. The van der Waals surface area contributed by atoms with Crippen LogP contribution >= 0.6 is 0 Å². The van der Waals surface area contributed by atoms with E-state index >= 15 is 0 Å². The molecule has 0 saturated heterocycles. The van der Waals surface area contributed by atoms with Gasteiger partial charge in [0.05, 0.1) is 12.2 Å². The molecule has 116 valence electrons. The fourth-order valence-electron chi connectivity index (χ4n) is 2.52. The van der Waals surface area contributed by atoms with Crippen LogP contribution in [0.15, 0.2) is 77.7 Å². The number of nitrogens with zero attached hydrogens (tertiary/aromatic N) is 1. The van der Waals surface area contributed by atoms with Crippen molar-refractivity contribution in [1.29, 1.82) is 0 Å². The molecule has 0 unspecified atom stereocenters. The fraction of sp³-hybridized carbons (Fsp3) is 0.158. The molecule has 2 aromatic heterocycles. The third kappa shape index (κ3) is 4.07. The van der Waals surface area contributed by atoms with Gasteiger partial charge in [0.2, 0.25) is 5.91 Å². The summed E-state index contributed by atoms with van der Waals surface area (Å²) in [7, 11) is 0. The van der Waals surface area contributed by atoms with Crippen LogP contribution in [0, 0.1) is 0 Å². The van der Waals surface area contributed by atoms with E-state index < -0.39 is 0 Å². The lowest BCUT2D eigenvalue weighted by atomic mass is 9.93. The van der Waals surface area contributed by atoms with E-state index in [4.69, 9.17) is 4.42 Å². The zero-order valence-electron chi connectivity index (χ0n) is 12.7. The molecule has 0 aliphatic rings. The van der Waals surface area contributed by atoms with Gasteiger partial charge in [-0.15, -0.1) is 0 Å². The average molecular weight is 306 g/mol. The van der Waals surface area contributed by atoms with Gasteiger partial charge in [0, 0.05) is 25.4 Å². The summed E-state index contributed by atoms with van der Waals surface area (Å²) >= 11 is 0. The van der Waals surface area contributed by atoms with Gasteiger partial charge in [-0.05, 0) is 29.3 Å². The molecule has 3 aromatic rings. The summed E-state index contributed by atoms with van der Waals surface area (Å²) < 4.78 is 5.52. The molecule has 23 heavy (non-hydrogen) atoms. The largest absolute Gasteiger partial charge is 0.469 e. The number of nitrogens with one attached hydrogen (secondary N) is 1. The van der Waals surface area contributed by atoms with Crippen LogP contribution in [0.2, 0.25) is 0 Å². The Bertz CT molecular complexity index is 725. The second-order valence-corrected chi connectivity index (χ2v) is 5.32. The highest BCUT2D eigenvalue weighted by Crippen LogP contribution is 2.28. The smallest absolute Gasteiger partial charge is 0.221 e. The molecule has 1 N–H and O–H groups in total. The van der Waals surface area contributed by atoms with E-state index in [1.807, 2.05) is 54.6 Å². The molecule has 4 nitrogen and oxygen atoms in total. The third-order valence-corrected chi connectivity index (χ3v) is 3.69. The van der Waals surface area contributed by atoms with Gasteiger partial charge >= 0.3 is 0 Å². The minimum absolute atomic E-state index is 0.0147. The summed E-state index contributed by atoms with van der Waals surface area (Å²) in [4.78, 5) is 16.4. The van der Waals surface area contributed by atoms with Crippen molar-refractivity contribution in [2.24, 2.45) is 0 Å². The van der Waals surface area contributed by atoms with E-state index in [1.165, 1.54) is 0 Å². The zero-order chi connectivity index (χ0) is 15.9. The van der Waals surface area contributed by atoms with E-state index in [2.05, 4.69) is 10.3 Å². The van der Waals surface area contributed by atoms with Crippen molar-refractivity contribution in [1.82, 2.24) is 10.3 Å². The van der Waals surface area contributed by atoms with E-state index in [0.29, 0.717) is 13.0 Å². The first kappa shape index (κ1) is 15.0. The number of hydrogen-bond acceptors (Lipinski definition) is 3. The van der Waals surface area contributed by atoms with E-state index in [-0.39, 0.29) is 11.8 Å². The molecule has 1 atom stereocenters. The van der Waals surface area contributed by atoms with Crippen molar-refractivity contribution >= 4 is 5.91 Å². The summed E-state index contributed by atoms with van der Waals surface area (Å²) in [6.07, 6.45) is 5.45. The van der Waals surface area contributed by atoms with Gasteiger partial charge in [-0.25, -0.2) is 0 Å². The predicted octanol–water partition coefficient (Wildman–Crippen LogP) is 3.51. The van der Waals surface area contributed by atoms with E-state index in [9.17, 15) is 4.79 Å². The van der Waals surface area contributed by atoms with Crippen molar-refractivity contribution in [3.63, 3.8) is 0 Å². The van der Waals surface area contributed by atoms with Crippen molar-refractivity contribution in [2.75, 3.05) is 0 Å². The second kappa shape index (κ2) is 7.40. The molecule has 0 aliphatic carbocycles. The van der Waals surface area contributed by atoms with Gasteiger partial charge in [-0.2, -0.15) is 0 Å². The normalized spacial score (nSPS) is 11.8. The standard InChI is InChI=1S/C19H18N2O2/c22-19(21-14-15-6-4-10-20-13-15)12-17(18-9-5-11-23-18)16-7-2-1-3-8-16/h1-11,13,17H,12,14H2,(H,21,22)/t17-/m0/s1. The molecule has 0 saturated carbocycles. The fourth-order valence-corrected chi connectivity index (χ4v) is 2.52. The highest BCUT2D eigenvalue weighted by molar-refractivity contribution is 5.77. The molecule has 0 spiro atoms. The molecule has 3 rings (SSSR count). The third-order valence-electron chi connectivity index (χ3n) is 3.69. The van der Waals surface area contributed by atoms with Gasteiger partial charge in [-0.3, -0.25) is 9.78 Å². The minimum Gasteiger partial charge on any atom is -0.469 e. The van der Waals surface area contributed by atoms with Crippen molar-refractivity contribution in [2.45, 2.75) is 18.9 Å². The number of amides is 1. The van der Waals surface area contributed by atoms with E-state index in [0.717, 1.165) is 16.9 Å². The Kier molecular flexibility index (Phi) is 4.84. The van der Waals surface area contributed by atoms with Gasteiger partial charge in [0.1, 0.15) is 5.76 Å². The molecule has 2 heterocycles. The van der Waals surface area contributed by atoms with Crippen LogP contribution in [0.5, 0.6) is 0 Å². The Hall–Kier alpha value is -2.88. The number of benzene rings is 1. The van der Waals surface area contributed by atoms with Crippen LogP contribution in [0.4, 0.5) is 0 Å². The lowest BCUT2D eigenvalue weighted by molar-refractivity contribution is -0.121. The van der Waals surface area contributed by atoms with Crippen LogP contribution in [0.25, 0.3) is 0 Å². The first-order valence-electron chi connectivity index (χ1n) is 7.57. The maximum Gasteiger partial charge on any atom is 0.221 e. The van der Waals surface area contributed by atoms with Crippen LogP contribution in [-0.2, 0) is 11.3 Å². The summed E-state index contributed by atoms with van der Waals surface area (Å²) in [6, 6.07) is 17.5. The average Bonchev–Trinajstić information content (AvgIpc) is 3.14. The SMILES string of the molecule is O=C(C[C@@H](c1ccccc1)c1ccco1)NCc1cccnc1. The Balaban J connectivity index is 1.68. The van der Waals surface area contributed by atoms with Gasteiger partial charge in [-0.1, -0.05) is 36.4 Å². The Morgan fingerprint density at radius 3 is 2.65 bits per heavy atom. The molecule has 0 aliphatic heterocycles. The number of pyridine rings is 1. The molecule has 1 amide bonds. The molecule has 1 aromatic carbocycles. The lowest BCUT2D eigenvalue weighted by Crippen LogP contribution is -2.24. The highest BCUT2D eigenvalue weighted by Gasteiger charge is 2.20. The number of furan rings is 1. The number of hydrogen-bond donors (Lipinski definition) is 1. The highest BCUT2D eigenvalue weighted by atomic mass is 16.3. The second-order valence-electron chi connectivity index (χ2n) is 5.32. The minimum atomic E-state index is -0.0832. The van der Waals surface area contributed by atoms with Crippen molar-refractivity contribution in [3.05, 3.63) is 90.1 Å². The van der Waals surface area contributed by atoms with Crippen LogP contribution in [0.1, 0.15) is 29.2 Å². The first-order valence-corrected chi connectivity index (χ1v) is 7.57. The molecular formula is C19H18N2O2. The van der Waals surface area contributed by atoms with E-state index in [1.54, 1.807) is 18.7 Å². The Labute approximate surface area is 135 Å². The van der Waals surface area contributed by atoms with Crippen LogP contribution < -0.4 is 5.32 Å². The molecule has 0 fully saturated rings. The maximum absolute atomic E-state index is 12.3. The monoisotopic (exact) mass is 306 g/mol. The summed E-state index contributed by atoms with van der Waals surface area (Å²) in [5.41, 5.74) is 2.05. The number of aromatic nitrogens is 1. The number of carbonyl (C=O) groups is 1. The quantitative estimate of drug-likeness (QED) is 0.758. The van der Waals surface area contributed by atoms with Crippen LogP contribution in [0.3, 0.4) is 0 Å². The molecule has 4 heteroatoms. The summed E-state index contributed by atoms with van der Waals surface area (Å²) in [5, 5.41) is 2.94. The molecular weight excluding hydrogens is 288 g/mol. The summed E-state index contributed by atoms with van der Waals surface area (Å²) in [6.45, 7) is 0.479. The Morgan fingerprint density at radius 1 is 1.09 bits per heavy atom. The zero-order valence-corrected chi connectivity index (χ0v) is 12.7. The van der Waals surface area contributed by atoms with Gasteiger partial charge in [0.15, 0.2) is 0 Å². The van der Waals surface area contributed by atoms with Gasteiger partial charge in [0.25, 0.3) is 0 Å². The molecule has 0 bridgehead atoms. The Morgan fingerprint density at radius 2 is 1.96 bits per heavy atom. The number of rotatable bonds is 6. The maximum atomic E-state index is 12.3. The van der Waals surface area contributed by atoms with Crippen molar-refractivity contribution in [3.8, 4) is 0 Å².